The first-order valence-corrected chi connectivity index (χ1v) is 10.7. The molecule has 0 atom stereocenters. The molecule has 168 valence electrons. The van der Waals surface area contributed by atoms with E-state index in [9.17, 15) is 14.4 Å². The zero-order valence-corrected chi connectivity index (χ0v) is 17.8. The maximum absolute atomic E-state index is 12.6. The van der Waals surface area contributed by atoms with Crippen LogP contribution < -0.4 is 25.4 Å². The van der Waals surface area contributed by atoms with Gasteiger partial charge in [-0.15, -0.1) is 0 Å². The van der Waals surface area contributed by atoms with E-state index in [2.05, 4.69) is 20.9 Å². The Bertz CT molecular complexity index is 1000. The molecule has 2 fully saturated rings. The van der Waals surface area contributed by atoms with E-state index in [1.54, 1.807) is 12.3 Å². The number of carbonyl (C=O) groups is 3. The van der Waals surface area contributed by atoms with Gasteiger partial charge in [-0.1, -0.05) is 0 Å². The lowest BCUT2D eigenvalue weighted by Crippen LogP contribution is -2.50. The van der Waals surface area contributed by atoms with Gasteiger partial charge in [-0.25, -0.2) is 9.78 Å². The molecule has 0 radical (unpaired) electrons. The van der Waals surface area contributed by atoms with Crippen molar-refractivity contribution in [3.8, 4) is 17.4 Å². The average molecular weight is 438 g/mol. The topological polar surface area (TPSA) is 119 Å². The van der Waals surface area contributed by atoms with Gasteiger partial charge in [0.1, 0.15) is 17.0 Å². The minimum atomic E-state index is -0.855. The van der Waals surface area contributed by atoms with Crippen LogP contribution in [0, 0.1) is 5.92 Å². The summed E-state index contributed by atoms with van der Waals surface area (Å²) in [5, 5.41) is 7.95. The largest absolute Gasteiger partial charge is 0.494 e. The Labute approximate surface area is 185 Å². The number of nitrogens with zero attached hydrogens (tertiary/aromatic N) is 1. The summed E-state index contributed by atoms with van der Waals surface area (Å²) in [7, 11) is 0. The number of hydrogen-bond acceptors (Lipinski definition) is 6. The first kappa shape index (κ1) is 21.6. The molecule has 1 aromatic heterocycles. The van der Waals surface area contributed by atoms with Gasteiger partial charge in [0.05, 0.1) is 6.61 Å². The number of carbonyl (C=O) groups excluding carboxylic acids is 3. The minimum Gasteiger partial charge on any atom is -0.494 e. The second-order valence-corrected chi connectivity index (χ2v) is 7.99. The highest BCUT2D eigenvalue weighted by Gasteiger charge is 2.48. The number of imide groups is 1. The first-order chi connectivity index (χ1) is 15.5. The molecule has 1 aliphatic carbocycles. The number of hydrogen-bond donors (Lipinski definition) is 3. The third kappa shape index (κ3) is 4.82. The number of benzene rings is 1. The lowest BCUT2D eigenvalue weighted by Gasteiger charge is -2.33. The molecular formula is C23H26N4O5. The van der Waals surface area contributed by atoms with Gasteiger partial charge in [-0.3, -0.25) is 14.9 Å². The van der Waals surface area contributed by atoms with Crippen molar-refractivity contribution in [3.63, 3.8) is 0 Å². The van der Waals surface area contributed by atoms with Gasteiger partial charge < -0.3 is 20.1 Å². The molecule has 32 heavy (non-hydrogen) atoms. The molecule has 9 nitrogen and oxygen atoms in total. The van der Waals surface area contributed by atoms with Gasteiger partial charge in [0.25, 0.3) is 5.91 Å². The molecule has 1 saturated heterocycles. The summed E-state index contributed by atoms with van der Waals surface area (Å²) in [6.07, 6.45) is 3.64. The number of amides is 4. The van der Waals surface area contributed by atoms with Gasteiger partial charge in [0.15, 0.2) is 0 Å². The Morgan fingerprint density at radius 1 is 1.16 bits per heavy atom. The van der Waals surface area contributed by atoms with E-state index in [1.807, 2.05) is 37.3 Å². The summed E-state index contributed by atoms with van der Waals surface area (Å²) in [6.45, 7) is 2.87. The summed E-state index contributed by atoms with van der Waals surface area (Å²) >= 11 is 0. The SMILES string of the molecule is CCOc1ccc(Oc2cc(CNC(=O)C3CCC4(CC3)NC(=O)NC4=O)ccn2)cc1. The number of pyridine rings is 1. The third-order valence-electron chi connectivity index (χ3n) is 5.85. The van der Waals surface area contributed by atoms with Crippen LogP contribution >= 0.6 is 0 Å². The molecule has 0 bridgehead atoms. The normalized spacial score (nSPS) is 22.2. The maximum Gasteiger partial charge on any atom is 0.322 e. The molecule has 1 aromatic carbocycles. The van der Waals surface area contributed by atoms with Crippen LogP contribution in [0.15, 0.2) is 42.6 Å². The summed E-state index contributed by atoms with van der Waals surface area (Å²) in [5.41, 5.74) is 0.00973. The standard InChI is InChI=1S/C23H26N4O5/c1-2-31-17-3-5-18(6-4-17)32-19-13-15(9-12-24-19)14-25-20(28)16-7-10-23(11-8-16)21(29)26-22(30)27-23/h3-6,9,12-13,16H,2,7-8,10-11,14H2,1H3,(H,25,28)(H2,26,27,29,30). The lowest BCUT2D eigenvalue weighted by molar-refractivity contribution is -0.130. The summed E-state index contributed by atoms with van der Waals surface area (Å²) in [5.74, 6) is 1.31. The van der Waals surface area contributed by atoms with Crippen molar-refractivity contribution in [1.29, 1.82) is 0 Å². The van der Waals surface area contributed by atoms with Gasteiger partial charge in [0.2, 0.25) is 11.8 Å². The Hall–Kier alpha value is -3.62. The van der Waals surface area contributed by atoms with Crippen LogP contribution in [0.5, 0.6) is 17.4 Å². The molecule has 1 spiro atoms. The van der Waals surface area contributed by atoms with E-state index < -0.39 is 11.6 Å². The molecular weight excluding hydrogens is 412 g/mol. The van der Waals surface area contributed by atoms with Crippen molar-refractivity contribution in [2.24, 2.45) is 5.92 Å². The molecule has 4 rings (SSSR count). The highest BCUT2D eigenvalue weighted by molar-refractivity contribution is 6.07. The molecule has 4 amide bonds. The van der Waals surface area contributed by atoms with Crippen LogP contribution in [-0.2, 0) is 16.1 Å². The lowest BCUT2D eigenvalue weighted by atomic mass is 9.76. The Morgan fingerprint density at radius 3 is 2.53 bits per heavy atom. The molecule has 2 aromatic rings. The van der Waals surface area contributed by atoms with Crippen molar-refractivity contribution >= 4 is 17.8 Å². The predicted molar refractivity (Wildman–Crippen MR) is 115 cm³/mol. The molecule has 1 saturated carbocycles. The molecule has 0 unspecified atom stereocenters. The average Bonchev–Trinajstić information content (AvgIpc) is 3.06. The summed E-state index contributed by atoms with van der Waals surface area (Å²) < 4.78 is 11.2. The number of rotatable bonds is 7. The monoisotopic (exact) mass is 438 g/mol. The zero-order chi connectivity index (χ0) is 22.6. The van der Waals surface area contributed by atoms with Crippen LogP contribution in [-0.4, -0.2) is 35.0 Å². The number of urea groups is 1. The van der Waals surface area contributed by atoms with Crippen LogP contribution in [0.1, 0.15) is 38.2 Å². The number of ether oxygens (including phenoxy) is 2. The molecule has 1 aliphatic heterocycles. The van der Waals surface area contributed by atoms with Crippen LogP contribution in [0.3, 0.4) is 0 Å². The van der Waals surface area contributed by atoms with Gasteiger partial charge in [-0.2, -0.15) is 0 Å². The Balaban J connectivity index is 1.28. The molecule has 3 N–H and O–H groups in total. The summed E-state index contributed by atoms with van der Waals surface area (Å²) in [6, 6.07) is 10.4. The van der Waals surface area contributed by atoms with E-state index in [4.69, 9.17) is 9.47 Å². The van der Waals surface area contributed by atoms with E-state index in [0.29, 0.717) is 50.5 Å². The second kappa shape index (κ2) is 9.25. The molecule has 9 heteroatoms. The minimum absolute atomic E-state index is 0.0598. The van der Waals surface area contributed by atoms with Crippen molar-refractivity contribution in [2.75, 3.05) is 6.61 Å². The van der Waals surface area contributed by atoms with Gasteiger partial charge in [0, 0.05) is 24.7 Å². The van der Waals surface area contributed by atoms with E-state index in [-0.39, 0.29) is 17.7 Å². The quantitative estimate of drug-likeness (QED) is 0.572. The van der Waals surface area contributed by atoms with Crippen molar-refractivity contribution in [3.05, 3.63) is 48.2 Å². The highest BCUT2D eigenvalue weighted by Crippen LogP contribution is 2.34. The van der Waals surface area contributed by atoms with E-state index in [1.165, 1.54) is 0 Å². The smallest absolute Gasteiger partial charge is 0.322 e. The van der Waals surface area contributed by atoms with Crippen LogP contribution in [0.25, 0.3) is 0 Å². The van der Waals surface area contributed by atoms with E-state index in [0.717, 1.165) is 11.3 Å². The molecule has 2 aliphatic rings. The summed E-state index contributed by atoms with van der Waals surface area (Å²) in [4.78, 5) is 40.3. The third-order valence-corrected chi connectivity index (χ3v) is 5.85. The fourth-order valence-corrected chi connectivity index (χ4v) is 4.09. The van der Waals surface area contributed by atoms with Crippen molar-refractivity contribution in [2.45, 2.75) is 44.7 Å². The van der Waals surface area contributed by atoms with E-state index >= 15 is 0 Å². The maximum atomic E-state index is 12.6. The van der Waals surface area contributed by atoms with Gasteiger partial charge >= 0.3 is 6.03 Å². The fourth-order valence-electron chi connectivity index (χ4n) is 4.09. The Kier molecular flexibility index (Phi) is 6.25. The zero-order valence-electron chi connectivity index (χ0n) is 17.8. The van der Waals surface area contributed by atoms with Crippen LogP contribution in [0.4, 0.5) is 4.79 Å². The number of aromatic nitrogens is 1. The van der Waals surface area contributed by atoms with Crippen molar-refractivity contribution < 1.29 is 23.9 Å². The van der Waals surface area contributed by atoms with Crippen LogP contribution in [0.2, 0.25) is 0 Å². The van der Waals surface area contributed by atoms with Gasteiger partial charge in [-0.05, 0) is 68.5 Å². The predicted octanol–water partition coefficient (Wildman–Crippen LogP) is 2.66. The molecule has 2 heterocycles. The number of nitrogens with one attached hydrogen (secondary N) is 3. The Morgan fingerprint density at radius 2 is 1.88 bits per heavy atom. The second-order valence-electron chi connectivity index (χ2n) is 7.99. The first-order valence-electron chi connectivity index (χ1n) is 10.7. The highest BCUT2D eigenvalue weighted by atomic mass is 16.5. The fraction of sp³-hybridized carbons (Fsp3) is 0.391. The van der Waals surface area contributed by atoms with Crippen molar-refractivity contribution in [1.82, 2.24) is 20.9 Å².